The predicted molar refractivity (Wildman–Crippen MR) is 62.6 cm³/mol. The molecule has 1 aliphatic rings. The average Bonchev–Trinajstić information content (AvgIpc) is 2.25. The second-order valence-corrected chi connectivity index (χ2v) is 5.39. The first-order valence-corrected chi connectivity index (χ1v) is 5.94. The van der Waals surface area contributed by atoms with Crippen LogP contribution in [0.15, 0.2) is 0 Å². The zero-order chi connectivity index (χ0) is 13.1. The number of carbonyl (C=O) groups is 2. The van der Waals surface area contributed by atoms with Gasteiger partial charge in [0.2, 0.25) is 5.91 Å². The van der Waals surface area contributed by atoms with Gasteiger partial charge in [0.05, 0.1) is 11.5 Å². The minimum Gasteiger partial charge on any atom is -0.481 e. The topological polar surface area (TPSA) is 66.8 Å². The largest absolute Gasteiger partial charge is 0.481 e. The zero-order valence-corrected chi connectivity index (χ0v) is 10.7. The van der Waals surface area contributed by atoms with Gasteiger partial charge in [0, 0.05) is 13.1 Å². The first-order valence-electron chi connectivity index (χ1n) is 5.94. The number of rotatable bonds is 3. The van der Waals surface area contributed by atoms with Gasteiger partial charge in [-0.25, -0.2) is 0 Å². The third-order valence-electron chi connectivity index (χ3n) is 2.83. The highest BCUT2D eigenvalue weighted by atomic mass is 16.5. The quantitative estimate of drug-likeness (QED) is 0.806. The highest BCUT2D eigenvalue weighted by Gasteiger charge is 2.27. The van der Waals surface area contributed by atoms with E-state index in [0.717, 1.165) is 0 Å². The summed E-state index contributed by atoms with van der Waals surface area (Å²) in [6.45, 7) is 6.80. The SMILES string of the molecule is CC(C)(C)OCC(=O)N1CCC(C(=O)O)CC1. The van der Waals surface area contributed by atoms with Crippen LogP contribution in [0.2, 0.25) is 0 Å². The number of hydrogen-bond acceptors (Lipinski definition) is 3. The number of hydrogen-bond donors (Lipinski definition) is 1. The Kier molecular flexibility index (Phi) is 4.51. The highest BCUT2D eigenvalue weighted by molar-refractivity contribution is 5.78. The molecule has 1 amide bonds. The Morgan fingerprint density at radius 3 is 2.24 bits per heavy atom. The van der Waals surface area contributed by atoms with Gasteiger partial charge in [0.25, 0.3) is 0 Å². The summed E-state index contributed by atoms with van der Waals surface area (Å²) in [7, 11) is 0. The number of carboxylic acid groups (broad SMARTS) is 1. The summed E-state index contributed by atoms with van der Waals surface area (Å²) >= 11 is 0. The van der Waals surface area contributed by atoms with E-state index in [1.165, 1.54) is 0 Å². The average molecular weight is 243 g/mol. The van der Waals surface area contributed by atoms with Crippen LogP contribution in [0.5, 0.6) is 0 Å². The van der Waals surface area contributed by atoms with Gasteiger partial charge < -0.3 is 14.7 Å². The summed E-state index contributed by atoms with van der Waals surface area (Å²) in [4.78, 5) is 24.2. The van der Waals surface area contributed by atoms with Gasteiger partial charge in [0.1, 0.15) is 6.61 Å². The number of carbonyl (C=O) groups excluding carboxylic acids is 1. The van der Waals surface area contributed by atoms with Crippen molar-refractivity contribution >= 4 is 11.9 Å². The second-order valence-electron chi connectivity index (χ2n) is 5.39. The maximum Gasteiger partial charge on any atom is 0.306 e. The van der Waals surface area contributed by atoms with Crippen molar-refractivity contribution in [2.45, 2.75) is 39.2 Å². The van der Waals surface area contributed by atoms with E-state index in [1.54, 1.807) is 4.90 Å². The van der Waals surface area contributed by atoms with Gasteiger partial charge in [-0.15, -0.1) is 0 Å². The van der Waals surface area contributed by atoms with Crippen molar-refractivity contribution < 1.29 is 19.4 Å². The van der Waals surface area contributed by atoms with Crippen LogP contribution in [0.3, 0.4) is 0 Å². The molecule has 0 aliphatic carbocycles. The molecule has 1 aliphatic heterocycles. The molecular formula is C12H21NO4. The Morgan fingerprint density at radius 1 is 1.29 bits per heavy atom. The van der Waals surface area contributed by atoms with Gasteiger partial charge >= 0.3 is 5.97 Å². The van der Waals surface area contributed by atoms with Crippen LogP contribution in [0.1, 0.15) is 33.6 Å². The molecule has 1 heterocycles. The van der Waals surface area contributed by atoms with Crippen LogP contribution >= 0.6 is 0 Å². The van der Waals surface area contributed by atoms with Gasteiger partial charge in [0.15, 0.2) is 0 Å². The summed E-state index contributed by atoms with van der Waals surface area (Å²) in [5, 5.41) is 8.85. The van der Waals surface area contributed by atoms with E-state index in [4.69, 9.17) is 9.84 Å². The van der Waals surface area contributed by atoms with Crippen molar-refractivity contribution in [3.05, 3.63) is 0 Å². The minimum absolute atomic E-state index is 0.0521. The van der Waals surface area contributed by atoms with E-state index in [0.29, 0.717) is 25.9 Å². The molecule has 17 heavy (non-hydrogen) atoms. The third kappa shape index (κ3) is 4.73. The smallest absolute Gasteiger partial charge is 0.306 e. The van der Waals surface area contributed by atoms with Crippen molar-refractivity contribution in [1.29, 1.82) is 0 Å². The number of carboxylic acids is 1. The molecule has 0 aromatic heterocycles. The van der Waals surface area contributed by atoms with E-state index in [2.05, 4.69) is 0 Å². The number of nitrogens with zero attached hydrogens (tertiary/aromatic N) is 1. The van der Waals surface area contributed by atoms with Crippen LogP contribution in [0.4, 0.5) is 0 Å². The molecule has 0 aromatic carbocycles. The molecule has 1 fully saturated rings. The molecule has 0 unspecified atom stereocenters. The summed E-state index contributed by atoms with van der Waals surface area (Å²) in [5.41, 5.74) is -0.324. The van der Waals surface area contributed by atoms with Crippen LogP contribution < -0.4 is 0 Å². The number of piperidine rings is 1. The van der Waals surface area contributed by atoms with Crippen LogP contribution in [-0.4, -0.2) is 47.2 Å². The Labute approximate surface area is 102 Å². The lowest BCUT2D eigenvalue weighted by Gasteiger charge is -2.31. The lowest BCUT2D eigenvalue weighted by molar-refractivity contribution is -0.148. The summed E-state index contributed by atoms with van der Waals surface area (Å²) in [6.07, 6.45) is 1.08. The lowest BCUT2D eigenvalue weighted by Crippen LogP contribution is -2.42. The molecule has 0 spiro atoms. The van der Waals surface area contributed by atoms with Crippen LogP contribution in [-0.2, 0) is 14.3 Å². The summed E-state index contributed by atoms with van der Waals surface area (Å²) < 4.78 is 5.41. The molecule has 0 aromatic rings. The van der Waals surface area contributed by atoms with Crippen molar-refractivity contribution in [1.82, 2.24) is 4.90 Å². The number of ether oxygens (including phenoxy) is 1. The lowest BCUT2D eigenvalue weighted by atomic mass is 9.97. The van der Waals surface area contributed by atoms with Crippen LogP contribution in [0, 0.1) is 5.92 Å². The normalized spacial score (nSPS) is 18.2. The zero-order valence-electron chi connectivity index (χ0n) is 10.7. The summed E-state index contributed by atoms with van der Waals surface area (Å²) in [6, 6.07) is 0. The molecule has 0 bridgehead atoms. The number of amides is 1. The maximum absolute atomic E-state index is 11.8. The molecular weight excluding hydrogens is 222 g/mol. The van der Waals surface area contributed by atoms with Gasteiger partial charge in [-0.3, -0.25) is 9.59 Å². The van der Waals surface area contributed by atoms with Gasteiger partial charge in [-0.05, 0) is 33.6 Å². The molecule has 5 nitrogen and oxygen atoms in total. The molecule has 1 N–H and O–H groups in total. The van der Waals surface area contributed by atoms with E-state index >= 15 is 0 Å². The highest BCUT2D eigenvalue weighted by Crippen LogP contribution is 2.17. The van der Waals surface area contributed by atoms with Gasteiger partial charge in [-0.1, -0.05) is 0 Å². The number of likely N-dealkylation sites (tertiary alicyclic amines) is 1. The van der Waals surface area contributed by atoms with Crippen molar-refractivity contribution in [3.8, 4) is 0 Å². The van der Waals surface area contributed by atoms with Crippen molar-refractivity contribution in [2.24, 2.45) is 5.92 Å². The van der Waals surface area contributed by atoms with E-state index in [-0.39, 0.29) is 24.0 Å². The molecule has 1 rings (SSSR count). The second kappa shape index (κ2) is 5.49. The molecule has 5 heteroatoms. The Morgan fingerprint density at radius 2 is 1.82 bits per heavy atom. The Hall–Kier alpha value is -1.10. The number of aliphatic carboxylic acids is 1. The van der Waals surface area contributed by atoms with E-state index in [1.807, 2.05) is 20.8 Å². The molecule has 0 radical (unpaired) electrons. The fraction of sp³-hybridized carbons (Fsp3) is 0.833. The van der Waals surface area contributed by atoms with Crippen molar-refractivity contribution in [2.75, 3.05) is 19.7 Å². The monoisotopic (exact) mass is 243 g/mol. The van der Waals surface area contributed by atoms with E-state index < -0.39 is 5.97 Å². The van der Waals surface area contributed by atoms with Crippen molar-refractivity contribution in [3.63, 3.8) is 0 Å². The Balaban J connectivity index is 2.33. The fourth-order valence-corrected chi connectivity index (χ4v) is 1.75. The molecule has 0 atom stereocenters. The minimum atomic E-state index is -0.761. The van der Waals surface area contributed by atoms with Gasteiger partial charge in [-0.2, -0.15) is 0 Å². The first-order chi connectivity index (χ1) is 7.79. The van der Waals surface area contributed by atoms with Crippen LogP contribution in [0.25, 0.3) is 0 Å². The third-order valence-corrected chi connectivity index (χ3v) is 2.83. The standard InChI is InChI=1S/C12H21NO4/c1-12(2,3)17-8-10(14)13-6-4-9(5-7-13)11(15)16/h9H,4-8H2,1-3H3,(H,15,16). The molecule has 0 saturated carbocycles. The Bertz CT molecular complexity index is 287. The van der Waals surface area contributed by atoms with E-state index in [9.17, 15) is 9.59 Å². The fourth-order valence-electron chi connectivity index (χ4n) is 1.75. The predicted octanol–water partition coefficient (Wildman–Crippen LogP) is 1.12. The maximum atomic E-state index is 11.8. The first kappa shape index (κ1) is 14.0. The summed E-state index contributed by atoms with van der Waals surface area (Å²) in [5.74, 6) is -1.12. The molecule has 1 saturated heterocycles. The molecule has 98 valence electrons.